The first-order valence-electron chi connectivity index (χ1n) is 6.27. The van der Waals surface area contributed by atoms with E-state index in [1.165, 1.54) is 18.2 Å². The predicted octanol–water partition coefficient (Wildman–Crippen LogP) is 2.85. The minimum Gasteiger partial charge on any atom is -0.481 e. The van der Waals surface area contributed by atoms with Gasteiger partial charge >= 0.3 is 12.1 Å². The van der Waals surface area contributed by atoms with Gasteiger partial charge in [-0.25, -0.2) is 4.79 Å². The number of aliphatic carboxylic acids is 1. The molecule has 0 radical (unpaired) electrons. The van der Waals surface area contributed by atoms with Crippen LogP contribution < -0.4 is 5.32 Å². The zero-order chi connectivity index (χ0) is 16.2. The maximum atomic E-state index is 11.7. The summed E-state index contributed by atoms with van der Waals surface area (Å²) in [4.78, 5) is 22.7. The van der Waals surface area contributed by atoms with Crippen LogP contribution in [-0.4, -0.2) is 34.5 Å². The lowest BCUT2D eigenvalue weighted by molar-refractivity contribution is -0.139. The van der Waals surface area contributed by atoms with Crippen LogP contribution in [0.5, 0.6) is 0 Å². The van der Waals surface area contributed by atoms with Gasteiger partial charge in [0, 0.05) is 10.7 Å². The van der Waals surface area contributed by atoms with E-state index in [2.05, 4.69) is 5.32 Å². The van der Waals surface area contributed by atoms with Crippen molar-refractivity contribution < 1.29 is 24.5 Å². The zero-order valence-corrected chi connectivity index (χ0v) is 12.8. The van der Waals surface area contributed by atoms with Gasteiger partial charge in [-0.1, -0.05) is 11.6 Å². The van der Waals surface area contributed by atoms with E-state index >= 15 is 0 Å². The zero-order valence-electron chi connectivity index (χ0n) is 12.0. The summed E-state index contributed by atoms with van der Waals surface area (Å²) in [6.07, 6.45) is -0.661. The van der Waals surface area contributed by atoms with Crippen LogP contribution in [0.25, 0.3) is 0 Å². The van der Waals surface area contributed by atoms with Crippen LogP contribution in [0, 0.1) is 0 Å². The molecule has 0 saturated heterocycles. The molecule has 0 bridgehead atoms. The second-order valence-electron chi connectivity index (χ2n) is 5.44. The maximum Gasteiger partial charge on any atom is 0.412 e. The highest BCUT2D eigenvalue weighted by molar-refractivity contribution is 6.31. The molecular formula is C14H18ClNO5. The number of aliphatic hydroxyl groups is 1. The number of carboxylic acids is 1. The lowest BCUT2D eigenvalue weighted by Gasteiger charge is -2.20. The highest BCUT2D eigenvalue weighted by Gasteiger charge is 2.22. The van der Waals surface area contributed by atoms with E-state index in [1.807, 2.05) is 0 Å². The summed E-state index contributed by atoms with van der Waals surface area (Å²) in [5.74, 6) is -2.35. The van der Waals surface area contributed by atoms with Gasteiger partial charge in [-0.15, -0.1) is 0 Å². The molecule has 1 rings (SSSR count). The lowest BCUT2D eigenvalue weighted by Crippen LogP contribution is -2.27. The number of carbonyl (C=O) groups excluding carboxylic acids is 1. The van der Waals surface area contributed by atoms with Crippen LogP contribution in [0.15, 0.2) is 18.2 Å². The lowest BCUT2D eigenvalue weighted by atomic mass is 9.99. The van der Waals surface area contributed by atoms with Gasteiger partial charge in [0.05, 0.1) is 6.61 Å². The van der Waals surface area contributed by atoms with E-state index in [-0.39, 0.29) is 10.6 Å². The number of anilines is 1. The molecule has 1 aromatic rings. The molecule has 1 aromatic carbocycles. The number of ether oxygens (including phenoxy) is 1. The van der Waals surface area contributed by atoms with Crippen molar-refractivity contribution in [3.63, 3.8) is 0 Å². The second kappa shape index (κ2) is 6.78. The number of amides is 1. The fourth-order valence-corrected chi connectivity index (χ4v) is 1.87. The molecule has 0 fully saturated rings. The van der Waals surface area contributed by atoms with E-state index in [9.17, 15) is 9.59 Å². The van der Waals surface area contributed by atoms with Crippen LogP contribution in [-0.2, 0) is 9.53 Å². The first kappa shape index (κ1) is 17.3. The number of halogens is 1. The van der Waals surface area contributed by atoms with Crippen molar-refractivity contribution in [2.45, 2.75) is 32.3 Å². The molecule has 0 spiro atoms. The molecule has 1 atom stereocenters. The van der Waals surface area contributed by atoms with Gasteiger partial charge in [0.1, 0.15) is 11.5 Å². The molecule has 0 aliphatic heterocycles. The number of rotatable bonds is 4. The van der Waals surface area contributed by atoms with Gasteiger partial charge < -0.3 is 14.9 Å². The van der Waals surface area contributed by atoms with Gasteiger partial charge in [0.15, 0.2) is 0 Å². The highest BCUT2D eigenvalue weighted by atomic mass is 35.5. The molecule has 0 heterocycles. The van der Waals surface area contributed by atoms with Gasteiger partial charge in [-0.3, -0.25) is 10.1 Å². The van der Waals surface area contributed by atoms with E-state index in [0.717, 1.165) is 0 Å². The predicted molar refractivity (Wildman–Crippen MR) is 78.8 cm³/mol. The topological polar surface area (TPSA) is 95.9 Å². The first-order chi connectivity index (χ1) is 9.64. The SMILES string of the molecule is CC(C)(C)OC(=O)Nc1ccc(Cl)c(C(CO)C(=O)O)c1. The summed E-state index contributed by atoms with van der Waals surface area (Å²) in [5, 5.41) is 20.9. The summed E-state index contributed by atoms with van der Waals surface area (Å²) in [7, 11) is 0. The summed E-state index contributed by atoms with van der Waals surface area (Å²) in [6.45, 7) is 4.59. The van der Waals surface area contributed by atoms with Crippen molar-refractivity contribution in [2.75, 3.05) is 11.9 Å². The molecule has 0 aromatic heterocycles. The fraction of sp³-hybridized carbons (Fsp3) is 0.429. The standard InChI is InChI=1S/C14H18ClNO5/c1-14(2,3)21-13(20)16-8-4-5-11(15)9(6-8)10(7-17)12(18)19/h4-6,10,17H,7H2,1-3H3,(H,16,20)(H,18,19). The average molecular weight is 316 g/mol. The van der Waals surface area contributed by atoms with Crippen LogP contribution in [0.4, 0.5) is 10.5 Å². The normalized spacial score (nSPS) is 12.6. The van der Waals surface area contributed by atoms with E-state index in [4.69, 9.17) is 26.6 Å². The Kier molecular flexibility index (Phi) is 5.57. The van der Waals surface area contributed by atoms with E-state index < -0.39 is 30.2 Å². The quantitative estimate of drug-likeness (QED) is 0.794. The van der Waals surface area contributed by atoms with Crippen molar-refractivity contribution in [2.24, 2.45) is 0 Å². The smallest absolute Gasteiger partial charge is 0.412 e. The Hall–Kier alpha value is -1.79. The van der Waals surface area contributed by atoms with Crippen molar-refractivity contribution in [3.05, 3.63) is 28.8 Å². The van der Waals surface area contributed by atoms with Crippen molar-refractivity contribution >= 4 is 29.4 Å². The summed E-state index contributed by atoms with van der Waals surface area (Å²) < 4.78 is 5.10. The first-order valence-corrected chi connectivity index (χ1v) is 6.65. The third-order valence-electron chi connectivity index (χ3n) is 2.50. The molecule has 3 N–H and O–H groups in total. The summed E-state index contributed by atoms with van der Waals surface area (Å²) >= 11 is 5.94. The number of aliphatic hydroxyl groups excluding tert-OH is 1. The fourth-order valence-electron chi connectivity index (χ4n) is 1.62. The Morgan fingerprint density at radius 3 is 2.48 bits per heavy atom. The monoisotopic (exact) mass is 315 g/mol. The molecule has 21 heavy (non-hydrogen) atoms. The maximum absolute atomic E-state index is 11.7. The van der Waals surface area contributed by atoms with Crippen molar-refractivity contribution in [1.82, 2.24) is 0 Å². The van der Waals surface area contributed by atoms with E-state index in [0.29, 0.717) is 5.69 Å². The highest BCUT2D eigenvalue weighted by Crippen LogP contribution is 2.28. The molecule has 1 unspecified atom stereocenters. The number of carbonyl (C=O) groups is 2. The Labute approximate surface area is 127 Å². The van der Waals surface area contributed by atoms with Gasteiger partial charge in [0.25, 0.3) is 0 Å². The molecule has 0 aliphatic rings. The molecule has 116 valence electrons. The number of benzene rings is 1. The van der Waals surface area contributed by atoms with Crippen LogP contribution in [0.2, 0.25) is 5.02 Å². The van der Waals surface area contributed by atoms with Crippen molar-refractivity contribution in [1.29, 1.82) is 0 Å². The number of nitrogens with one attached hydrogen (secondary N) is 1. The Morgan fingerprint density at radius 2 is 2.00 bits per heavy atom. The Bertz CT molecular complexity index is 539. The molecular weight excluding hydrogens is 298 g/mol. The second-order valence-corrected chi connectivity index (χ2v) is 5.84. The third kappa shape index (κ3) is 5.24. The van der Waals surface area contributed by atoms with E-state index in [1.54, 1.807) is 20.8 Å². The summed E-state index contributed by atoms with van der Waals surface area (Å²) in [6, 6.07) is 4.38. The molecule has 7 heteroatoms. The van der Waals surface area contributed by atoms with Crippen LogP contribution in [0.3, 0.4) is 0 Å². The minimum absolute atomic E-state index is 0.200. The minimum atomic E-state index is -1.20. The largest absolute Gasteiger partial charge is 0.481 e. The van der Waals surface area contributed by atoms with Gasteiger partial charge in [0.2, 0.25) is 0 Å². The van der Waals surface area contributed by atoms with Gasteiger partial charge in [-0.05, 0) is 44.5 Å². The molecule has 1 amide bonds. The molecule has 6 nitrogen and oxygen atoms in total. The van der Waals surface area contributed by atoms with Crippen LogP contribution in [0.1, 0.15) is 32.3 Å². The number of carboxylic acid groups (broad SMARTS) is 1. The van der Waals surface area contributed by atoms with Gasteiger partial charge in [-0.2, -0.15) is 0 Å². The number of hydrogen-bond donors (Lipinski definition) is 3. The van der Waals surface area contributed by atoms with Crippen LogP contribution >= 0.6 is 11.6 Å². The Balaban J connectivity index is 2.96. The third-order valence-corrected chi connectivity index (χ3v) is 2.84. The summed E-state index contributed by atoms with van der Waals surface area (Å²) in [5.41, 5.74) is -0.0859. The molecule has 0 saturated carbocycles. The van der Waals surface area contributed by atoms with Crippen molar-refractivity contribution in [3.8, 4) is 0 Å². The average Bonchev–Trinajstić information content (AvgIpc) is 2.31. The molecule has 0 aliphatic carbocycles. The Morgan fingerprint density at radius 1 is 1.38 bits per heavy atom. The number of hydrogen-bond acceptors (Lipinski definition) is 4.